The smallest absolute Gasteiger partial charge is 0.391 e. The van der Waals surface area contributed by atoms with Crippen LogP contribution in [-0.4, -0.2) is 105 Å². The van der Waals surface area contributed by atoms with E-state index in [1.54, 1.807) is 24.0 Å². The van der Waals surface area contributed by atoms with Crippen LogP contribution in [0.3, 0.4) is 0 Å². The van der Waals surface area contributed by atoms with Crippen LogP contribution in [0.25, 0.3) is 0 Å². The number of hydrogen-bond donors (Lipinski definition) is 5. The number of phenolic OH excluding ortho intramolecular Hbond substituents is 1. The number of aliphatic hydroxyl groups is 3. The van der Waals surface area contributed by atoms with Crippen molar-refractivity contribution in [1.82, 2.24) is 9.80 Å². The van der Waals surface area contributed by atoms with Gasteiger partial charge >= 0.3 is 6.18 Å². The second-order valence-electron chi connectivity index (χ2n) is 12.3. The Labute approximate surface area is 244 Å². The highest BCUT2D eigenvalue weighted by Gasteiger charge is 2.70. The van der Waals surface area contributed by atoms with E-state index in [1.807, 2.05) is 0 Å². The first-order valence-corrected chi connectivity index (χ1v) is 14.0. The predicted molar refractivity (Wildman–Crippen MR) is 143 cm³/mol. The molecule has 43 heavy (non-hydrogen) atoms. The Morgan fingerprint density at radius 1 is 1.12 bits per heavy atom. The second kappa shape index (κ2) is 10.4. The van der Waals surface area contributed by atoms with E-state index in [1.165, 1.54) is 19.0 Å². The van der Waals surface area contributed by atoms with Gasteiger partial charge in [-0.15, -0.1) is 0 Å². The number of rotatable bonds is 4. The number of carbonyl (C=O) groups is 4. The van der Waals surface area contributed by atoms with E-state index in [2.05, 4.69) is 0 Å². The number of nitrogens with zero attached hydrogens (tertiary/aromatic N) is 2. The Hall–Kier alpha value is -3.33. The van der Waals surface area contributed by atoms with Gasteiger partial charge in [0, 0.05) is 18.0 Å². The van der Waals surface area contributed by atoms with E-state index in [-0.39, 0.29) is 43.6 Å². The molecule has 1 saturated heterocycles. The molecule has 1 heterocycles. The van der Waals surface area contributed by atoms with Crippen LogP contribution in [0.1, 0.15) is 47.2 Å². The van der Waals surface area contributed by atoms with Crippen LogP contribution in [0.4, 0.5) is 13.2 Å². The fraction of sp³-hybridized carbons (Fsp3) is 0.586. The number of hydrogen-bond acceptors (Lipinski definition) is 10. The summed E-state index contributed by atoms with van der Waals surface area (Å²) in [6.45, 7) is 1.90. The summed E-state index contributed by atoms with van der Waals surface area (Å²) in [4.78, 5) is 56.4. The standard InChI is InChI=1S/C29H34F3N3O8/c1-11-14-5-4-12(10-35-8-6-13(7-9-35)29(30,31)32)21(36)16(14)22(37)17-15(11)23(38)19-20(34(2)3)24(39)18(27(33)42)26(41)28(19,43)25(17)40/h4-5,11,13,15,17,19-20,23,36,38,41,43H,6-10H2,1-3H3,(H2,33,42)/t11-,15?,17?,19?,20-,23-,28-/m0/s1. The van der Waals surface area contributed by atoms with Crippen molar-refractivity contribution in [2.45, 2.75) is 56.2 Å². The number of piperidine rings is 1. The van der Waals surface area contributed by atoms with E-state index in [0.29, 0.717) is 5.56 Å². The summed E-state index contributed by atoms with van der Waals surface area (Å²) in [6, 6.07) is 1.65. The monoisotopic (exact) mass is 609 g/mol. The molecule has 1 aromatic rings. The Morgan fingerprint density at radius 2 is 1.72 bits per heavy atom. The predicted octanol–water partition coefficient (Wildman–Crippen LogP) is 0.800. The molecule has 1 saturated carbocycles. The summed E-state index contributed by atoms with van der Waals surface area (Å²) in [5.41, 5.74) is 1.62. The summed E-state index contributed by atoms with van der Waals surface area (Å²) < 4.78 is 39.3. The quantitative estimate of drug-likeness (QED) is 0.242. The van der Waals surface area contributed by atoms with Crippen molar-refractivity contribution in [1.29, 1.82) is 0 Å². The van der Waals surface area contributed by atoms with Gasteiger partial charge in [-0.05, 0) is 51.5 Å². The van der Waals surface area contributed by atoms with Gasteiger partial charge in [0.05, 0.1) is 35.5 Å². The molecular formula is C29H34F3N3O8. The molecule has 6 N–H and O–H groups in total. The van der Waals surface area contributed by atoms with Crippen LogP contribution >= 0.6 is 0 Å². The molecule has 11 nitrogen and oxygen atoms in total. The van der Waals surface area contributed by atoms with Gasteiger partial charge in [-0.25, -0.2) is 0 Å². The molecule has 2 fully saturated rings. The van der Waals surface area contributed by atoms with Crippen LogP contribution in [0.5, 0.6) is 5.75 Å². The maximum absolute atomic E-state index is 14.1. The first-order chi connectivity index (χ1) is 19.9. The molecule has 1 aromatic carbocycles. The van der Waals surface area contributed by atoms with Crippen LogP contribution < -0.4 is 5.73 Å². The minimum Gasteiger partial charge on any atom is -0.508 e. The number of amides is 1. The van der Waals surface area contributed by atoms with Crippen LogP contribution in [0.2, 0.25) is 0 Å². The third-order valence-corrected chi connectivity index (χ3v) is 9.88. The molecule has 0 radical (unpaired) electrons. The summed E-state index contributed by atoms with van der Waals surface area (Å²) >= 11 is 0. The van der Waals surface area contributed by atoms with E-state index >= 15 is 0 Å². The number of nitrogens with two attached hydrogens (primary N) is 1. The molecule has 234 valence electrons. The summed E-state index contributed by atoms with van der Waals surface area (Å²) in [6.07, 6.45) is -6.22. The number of phenols is 1. The number of likely N-dealkylation sites (N-methyl/N-ethyl adjacent to an activating group) is 1. The van der Waals surface area contributed by atoms with Crippen molar-refractivity contribution in [3.8, 4) is 5.75 Å². The van der Waals surface area contributed by atoms with Crippen LogP contribution in [0.15, 0.2) is 23.5 Å². The maximum Gasteiger partial charge on any atom is 0.391 e. The van der Waals surface area contributed by atoms with Crippen molar-refractivity contribution < 1.29 is 52.8 Å². The average molecular weight is 610 g/mol. The first kappa shape index (κ1) is 31.1. The first-order valence-electron chi connectivity index (χ1n) is 14.0. The van der Waals surface area contributed by atoms with Crippen LogP contribution in [-0.2, 0) is 20.9 Å². The largest absolute Gasteiger partial charge is 0.508 e. The van der Waals surface area contributed by atoms with Gasteiger partial charge in [0.2, 0.25) is 0 Å². The number of carbonyl (C=O) groups excluding carboxylic acids is 4. The zero-order chi connectivity index (χ0) is 31.9. The van der Waals surface area contributed by atoms with Crippen molar-refractivity contribution >= 4 is 23.3 Å². The Kier molecular flexibility index (Phi) is 7.52. The lowest BCUT2D eigenvalue weighted by atomic mass is 9.51. The number of fused-ring (bicyclic) bond motifs is 3. The SMILES string of the molecule is C[C@H]1c2ccc(CN3CCC(C(F)(F)F)CC3)c(O)c2C(=O)C2C(=O)[C@]3(O)C(O)=C(C(N)=O)C(=O)[C@@H](N(C)C)C3[C@@H](O)C21. The highest BCUT2D eigenvalue weighted by molar-refractivity contribution is 6.25. The molecule has 4 aliphatic rings. The van der Waals surface area contributed by atoms with E-state index in [0.717, 1.165) is 0 Å². The lowest BCUT2D eigenvalue weighted by Gasteiger charge is -2.55. The normalized spacial score (nSPS) is 33.8. The topological polar surface area (TPSA) is 182 Å². The number of aliphatic hydroxyl groups excluding tert-OH is 2. The summed E-state index contributed by atoms with van der Waals surface area (Å²) in [5, 5.41) is 45.6. The number of aromatic hydroxyl groups is 1. The fourth-order valence-electron chi connectivity index (χ4n) is 7.68. The lowest BCUT2D eigenvalue weighted by Crippen LogP contribution is -2.73. The molecule has 5 rings (SSSR count). The second-order valence-corrected chi connectivity index (χ2v) is 12.3. The molecule has 1 aliphatic heterocycles. The number of likely N-dealkylation sites (tertiary alicyclic amines) is 1. The van der Waals surface area contributed by atoms with E-state index < -0.39 is 93.9 Å². The molecule has 14 heteroatoms. The summed E-state index contributed by atoms with van der Waals surface area (Å²) in [5.74, 6) is -13.1. The zero-order valence-corrected chi connectivity index (χ0v) is 23.8. The number of alkyl halides is 3. The molecule has 0 aromatic heterocycles. The molecule has 1 amide bonds. The highest BCUT2D eigenvalue weighted by Crippen LogP contribution is 2.55. The van der Waals surface area contributed by atoms with Crippen molar-refractivity contribution in [3.63, 3.8) is 0 Å². The fourth-order valence-corrected chi connectivity index (χ4v) is 7.68. The third-order valence-electron chi connectivity index (χ3n) is 9.88. The molecule has 7 atom stereocenters. The minimum atomic E-state index is -4.29. The number of primary amides is 1. The van der Waals surface area contributed by atoms with Crippen molar-refractivity contribution in [2.24, 2.45) is 29.4 Å². The number of benzene rings is 1. The molecular weight excluding hydrogens is 575 g/mol. The van der Waals surface area contributed by atoms with Crippen molar-refractivity contribution in [3.05, 3.63) is 40.2 Å². The Bertz CT molecular complexity index is 1430. The van der Waals surface area contributed by atoms with Crippen molar-refractivity contribution in [2.75, 3.05) is 27.2 Å². The van der Waals surface area contributed by atoms with Gasteiger partial charge in [-0.2, -0.15) is 13.2 Å². The zero-order valence-electron chi connectivity index (χ0n) is 23.8. The Morgan fingerprint density at radius 3 is 2.26 bits per heavy atom. The minimum absolute atomic E-state index is 0.0418. The highest BCUT2D eigenvalue weighted by atomic mass is 19.4. The molecule has 3 unspecified atom stereocenters. The van der Waals surface area contributed by atoms with Gasteiger partial charge in [0.25, 0.3) is 5.91 Å². The van der Waals surface area contributed by atoms with Crippen LogP contribution in [0, 0.1) is 23.7 Å². The maximum atomic E-state index is 14.1. The lowest BCUT2D eigenvalue weighted by molar-refractivity contribution is -0.185. The number of ketones is 3. The van der Waals surface area contributed by atoms with Gasteiger partial charge in [0.15, 0.2) is 23.0 Å². The number of Topliss-reactive ketones (excluding diaryl/α,β-unsaturated/α-hetero) is 3. The van der Waals surface area contributed by atoms with E-state index in [4.69, 9.17) is 5.73 Å². The van der Waals surface area contributed by atoms with Gasteiger partial charge in [-0.1, -0.05) is 19.1 Å². The van der Waals surface area contributed by atoms with Gasteiger partial charge in [-0.3, -0.25) is 29.0 Å². The van der Waals surface area contributed by atoms with Gasteiger partial charge < -0.3 is 26.2 Å². The average Bonchev–Trinajstić information content (AvgIpc) is 2.91. The molecule has 0 bridgehead atoms. The van der Waals surface area contributed by atoms with E-state index in [9.17, 15) is 52.8 Å². The van der Waals surface area contributed by atoms with Gasteiger partial charge in [0.1, 0.15) is 17.1 Å². The number of halogens is 3. The molecule has 0 spiro atoms. The third kappa shape index (κ3) is 4.49. The molecule has 3 aliphatic carbocycles. The Balaban J connectivity index is 1.55. The summed E-state index contributed by atoms with van der Waals surface area (Å²) in [7, 11) is 2.84.